The van der Waals surface area contributed by atoms with Crippen LogP contribution in [0.3, 0.4) is 0 Å². The standard InChI is InChI=1S/C32H32ClF4N7OS/c1-32(13-43(2)8-7-19(32)28(36)37)14-45-31-41-27-17(30(42-31)44-11-15-3-4-16(12-44)40-15)9-20(33)24(26(27)35)25-21(34)5-6-22-23(25)18(10-38)29(39)46-22/h5-6,9,15-16,19,28,40H,3-4,7-8,11-14,39H2,1-2H3/t15-,16+,19-,32+/m1/s1. The van der Waals surface area contributed by atoms with Crippen molar-refractivity contribution in [3.05, 3.63) is 40.4 Å². The van der Waals surface area contributed by atoms with Crippen LogP contribution in [0, 0.1) is 34.3 Å². The zero-order valence-corrected chi connectivity index (χ0v) is 26.8. The number of nitriles is 1. The van der Waals surface area contributed by atoms with E-state index >= 15 is 8.78 Å². The van der Waals surface area contributed by atoms with Crippen molar-refractivity contribution in [1.82, 2.24) is 20.2 Å². The molecule has 3 N–H and O–H groups in total. The lowest BCUT2D eigenvalue weighted by Gasteiger charge is -2.44. The summed E-state index contributed by atoms with van der Waals surface area (Å²) in [5.74, 6) is -2.19. The molecular weight excluding hydrogens is 642 g/mol. The van der Waals surface area contributed by atoms with Crippen LogP contribution < -0.4 is 20.7 Å². The lowest BCUT2D eigenvalue weighted by molar-refractivity contribution is -0.0679. The Morgan fingerprint density at radius 2 is 1.93 bits per heavy atom. The van der Waals surface area contributed by atoms with E-state index in [0.717, 1.165) is 24.2 Å². The summed E-state index contributed by atoms with van der Waals surface area (Å²) in [6.07, 6.45) is -0.243. The number of alkyl halides is 2. The number of ether oxygens (including phenoxy) is 1. The van der Waals surface area contributed by atoms with E-state index in [1.165, 1.54) is 18.2 Å². The Labute approximate surface area is 272 Å². The molecule has 7 rings (SSSR count). The molecule has 3 aliphatic heterocycles. The number of hydrogen-bond donors (Lipinski definition) is 2. The predicted molar refractivity (Wildman–Crippen MR) is 172 cm³/mol. The molecule has 2 aromatic heterocycles. The highest BCUT2D eigenvalue weighted by Crippen LogP contribution is 2.46. The number of thiophene rings is 1. The maximum Gasteiger partial charge on any atom is 0.319 e. The highest BCUT2D eigenvalue weighted by molar-refractivity contribution is 7.23. The molecule has 4 aromatic rings. The minimum absolute atomic E-state index is 0.0352. The quantitative estimate of drug-likeness (QED) is 0.226. The maximum atomic E-state index is 16.9. The van der Waals surface area contributed by atoms with Crippen LogP contribution in [0.5, 0.6) is 6.01 Å². The number of likely N-dealkylation sites (tertiary alicyclic amines) is 1. The molecule has 0 saturated carbocycles. The highest BCUT2D eigenvalue weighted by Gasteiger charge is 2.44. The molecule has 3 fully saturated rings. The number of nitrogen functional groups attached to an aromatic ring is 1. The molecule has 46 heavy (non-hydrogen) atoms. The maximum absolute atomic E-state index is 16.9. The number of halogens is 5. The van der Waals surface area contributed by atoms with E-state index in [2.05, 4.69) is 10.3 Å². The van der Waals surface area contributed by atoms with Gasteiger partial charge in [-0.2, -0.15) is 15.2 Å². The summed E-state index contributed by atoms with van der Waals surface area (Å²) < 4.78 is 67.4. The Morgan fingerprint density at radius 1 is 1.20 bits per heavy atom. The van der Waals surface area contributed by atoms with Gasteiger partial charge in [0.05, 0.1) is 17.2 Å². The van der Waals surface area contributed by atoms with Crippen LogP contribution in [-0.2, 0) is 0 Å². The molecule has 0 radical (unpaired) electrons. The second-order valence-corrected chi connectivity index (χ2v) is 14.5. The fourth-order valence-corrected chi connectivity index (χ4v) is 8.75. The molecule has 4 atom stereocenters. The van der Waals surface area contributed by atoms with Crippen molar-refractivity contribution in [2.75, 3.05) is 50.5 Å². The van der Waals surface area contributed by atoms with Gasteiger partial charge in [-0.05, 0) is 51.1 Å². The smallest absolute Gasteiger partial charge is 0.319 e. The minimum Gasteiger partial charge on any atom is -0.463 e. The zero-order chi connectivity index (χ0) is 32.5. The van der Waals surface area contributed by atoms with Gasteiger partial charge in [0, 0.05) is 69.7 Å². The third-order valence-electron chi connectivity index (χ3n) is 9.74. The van der Waals surface area contributed by atoms with Crippen molar-refractivity contribution in [2.24, 2.45) is 11.3 Å². The first-order valence-electron chi connectivity index (χ1n) is 15.2. The van der Waals surface area contributed by atoms with Gasteiger partial charge in [0.2, 0.25) is 6.43 Å². The van der Waals surface area contributed by atoms with Crippen molar-refractivity contribution in [2.45, 2.75) is 44.7 Å². The van der Waals surface area contributed by atoms with Gasteiger partial charge < -0.3 is 25.6 Å². The van der Waals surface area contributed by atoms with Crippen molar-refractivity contribution >= 4 is 54.7 Å². The van der Waals surface area contributed by atoms with Crippen LogP contribution in [0.25, 0.3) is 32.1 Å². The largest absolute Gasteiger partial charge is 0.463 e. The van der Waals surface area contributed by atoms with Crippen LogP contribution in [0.1, 0.15) is 31.7 Å². The zero-order valence-electron chi connectivity index (χ0n) is 25.2. The van der Waals surface area contributed by atoms with Crippen LogP contribution in [0.15, 0.2) is 18.2 Å². The molecule has 14 heteroatoms. The van der Waals surface area contributed by atoms with E-state index in [4.69, 9.17) is 27.1 Å². The number of nitrogens with zero attached hydrogens (tertiary/aromatic N) is 5. The Bertz CT molecular complexity index is 1890. The summed E-state index contributed by atoms with van der Waals surface area (Å²) in [4.78, 5) is 13.2. The van der Waals surface area contributed by atoms with E-state index in [9.17, 15) is 14.0 Å². The lowest BCUT2D eigenvalue weighted by Crippen LogP contribution is -2.51. The van der Waals surface area contributed by atoms with Crippen LogP contribution in [0.2, 0.25) is 5.02 Å². The lowest BCUT2D eigenvalue weighted by atomic mass is 9.73. The van der Waals surface area contributed by atoms with Crippen molar-refractivity contribution in [1.29, 1.82) is 5.26 Å². The van der Waals surface area contributed by atoms with Crippen molar-refractivity contribution in [3.63, 3.8) is 0 Å². The fourth-order valence-electron chi connectivity index (χ4n) is 7.54. The topological polar surface area (TPSA) is 103 Å². The molecule has 2 bridgehead atoms. The van der Waals surface area contributed by atoms with Gasteiger partial charge in [0.1, 0.15) is 28.2 Å². The van der Waals surface area contributed by atoms with E-state index in [-0.39, 0.29) is 62.3 Å². The third kappa shape index (κ3) is 5.19. The number of piperidine rings is 1. The van der Waals surface area contributed by atoms with Crippen LogP contribution in [0.4, 0.5) is 28.4 Å². The molecule has 0 spiro atoms. The number of rotatable bonds is 6. The normalized spacial score (nSPS) is 25.1. The Morgan fingerprint density at radius 3 is 2.63 bits per heavy atom. The van der Waals surface area contributed by atoms with E-state index in [0.29, 0.717) is 48.5 Å². The van der Waals surface area contributed by atoms with E-state index in [1.807, 2.05) is 22.9 Å². The van der Waals surface area contributed by atoms with Gasteiger partial charge in [-0.3, -0.25) is 0 Å². The van der Waals surface area contributed by atoms with Crippen molar-refractivity contribution in [3.8, 4) is 23.2 Å². The summed E-state index contributed by atoms with van der Waals surface area (Å²) in [5.41, 5.74) is 4.59. The molecular formula is C32H32ClF4N7OS. The van der Waals surface area contributed by atoms with Gasteiger partial charge in [0.25, 0.3) is 0 Å². The van der Waals surface area contributed by atoms with Gasteiger partial charge in [-0.25, -0.2) is 17.6 Å². The number of benzene rings is 2. The number of piperazine rings is 1. The van der Waals surface area contributed by atoms with Crippen molar-refractivity contribution < 1.29 is 22.3 Å². The van der Waals surface area contributed by atoms with Gasteiger partial charge >= 0.3 is 6.01 Å². The van der Waals surface area contributed by atoms with E-state index in [1.54, 1.807) is 6.92 Å². The average molecular weight is 674 g/mol. The summed E-state index contributed by atoms with van der Waals surface area (Å²) in [6, 6.07) is 6.47. The first-order chi connectivity index (χ1) is 22.0. The third-order valence-corrected chi connectivity index (χ3v) is 11.0. The van der Waals surface area contributed by atoms with Gasteiger partial charge in [0.15, 0.2) is 5.82 Å². The molecule has 8 nitrogen and oxygen atoms in total. The summed E-state index contributed by atoms with van der Waals surface area (Å²) in [6.45, 7) is 3.79. The number of aromatic nitrogens is 2. The fraction of sp³-hybridized carbons (Fsp3) is 0.469. The Balaban J connectivity index is 1.39. The summed E-state index contributed by atoms with van der Waals surface area (Å²) in [7, 11) is 1.88. The summed E-state index contributed by atoms with van der Waals surface area (Å²) in [5, 5.41) is 14.0. The van der Waals surface area contributed by atoms with Crippen LogP contribution in [-0.4, -0.2) is 73.2 Å². The molecule has 2 aromatic carbocycles. The number of anilines is 2. The summed E-state index contributed by atoms with van der Waals surface area (Å²) >= 11 is 7.86. The molecule has 0 aliphatic carbocycles. The number of hydrogen-bond acceptors (Lipinski definition) is 9. The first-order valence-corrected chi connectivity index (χ1v) is 16.4. The van der Waals surface area contributed by atoms with Gasteiger partial charge in [-0.15, -0.1) is 11.3 Å². The Kier molecular flexibility index (Phi) is 7.91. The number of nitrogens with one attached hydrogen (secondary N) is 1. The molecule has 3 aliphatic rings. The number of fused-ring (bicyclic) bond motifs is 4. The first kappa shape index (κ1) is 31.2. The average Bonchev–Trinajstić information content (AvgIpc) is 3.52. The monoisotopic (exact) mass is 673 g/mol. The molecule has 0 amide bonds. The second-order valence-electron chi connectivity index (χ2n) is 13.0. The second kappa shape index (κ2) is 11.7. The van der Waals surface area contributed by atoms with E-state index < -0.39 is 29.4 Å². The SMILES string of the molecule is CN1CC[C@H](C(F)F)[C@](C)(COc2nc(N3C[C@H]4CC[C@@H](C3)N4)c3cc(Cl)c(-c4c(F)ccc5sc(N)c(C#N)c45)c(F)c3n2)C1. The molecule has 3 saturated heterocycles. The minimum atomic E-state index is -2.53. The van der Waals surface area contributed by atoms with Crippen LogP contribution >= 0.6 is 22.9 Å². The molecule has 0 unspecified atom stereocenters. The van der Waals surface area contributed by atoms with Gasteiger partial charge in [-0.1, -0.05) is 18.5 Å². The number of nitrogens with two attached hydrogens (primary N) is 1. The highest BCUT2D eigenvalue weighted by atomic mass is 35.5. The Hall–Kier alpha value is -3.44. The molecule has 242 valence electrons. The molecule has 5 heterocycles. The predicted octanol–water partition coefficient (Wildman–Crippen LogP) is 6.44.